The molecule has 0 heterocycles. The van der Waals surface area contributed by atoms with Crippen LogP contribution >= 0.6 is 0 Å². The Bertz CT molecular complexity index is 394. The third-order valence-corrected chi connectivity index (χ3v) is 2.69. The summed E-state index contributed by atoms with van der Waals surface area (Å²) < 4.78 is 0. The number of nitro groups is 1. The van der Waals surface area contributed by atoms with Crippen LogP contribution in [0.2, 0.25) is 0 Å². The van der Waals surface area contributed by atoms with Crippen molar-refractivity contribution in [3.8, 4) is 0 Å². The number of benzene rings is 1. The lowest BCUT2D eigenvalue weighted by molar-refractivity contribution is -0.384. The molecule has 0 amide bonds. The predicted molar refractivity (Wildman–Crippen MR) is 70.3 cm³/mol. The minimum atomic E-state index is -0.389. The molecule has 0 aliphatic heterocycles. The van der Waals surface area contributed by atoms with Crippen LogP contribution in [0.3, 0.4) is 0 Å². The lowest BCUT2D eigenvalue weighted by Crippen LogP contribution is -2.23. The molecule has 0 bridgehead atoms. The van der Waals surface area contributed by atoms with Crippen molar-refractivity contribution in [1.82, 2.24) is 5.32 Å². The number of nitrogens with zero attached hydrogens (tertiary/aromatic N) is 1. The average Bonchev–Trinajstić information content (AvgIpc) is 2.28. The normalized spacial score (nSPS) is 14.2. The molecule has 0 radical (unpaired) electrons. The zero-order chi connectivity index (χ0) is 13.5. The van der Waals surface area contributed by atoms with Gasteiger partial charge in [-0.15, -0.1) is 0 Å². The lowest BCUT2D eigenvalue weighted by atomic mass is 10.0. The standard InChI is InChI=1S/C13H20N2O3/c1-10(6-11(2)16)8-14-9-12-4-3-5-13(7-12)15(17)18/h3-5,7,10-11,14,16H,6,8-9H2,1-2H3. The van der Waals surface area contributed by atoms with Crippen molar-refractivity contribution in [2.24, 2.45) is 5.92 Å². The molecule has 0 aliphatic rings. The summed E-state index contributed by atoms with van der Waals surface area (Å²) in [5.74, 6) is 0.378. The smallest absolute Gasteiger partial charge is 0.269 e. The van der Waals surface area contributed by atoms with Gasteiger partial charge in [-0.25, -0.2) is 0 Å². The van der Waals surface area contributed by atoms with Crippen LogP contribution in [0.15, 0.2) is 24.3 Å². The number of hydrogen-bond acceptors (Lipinski definition) is 4. The molecule has 2 N–H and O–H groups in total. The van der Waals surface area contributed by atoms with Gasteiger partial charge >= 0.3 is 0 Å². The summed E-state index contributed by atoms with van der Waals surface area (Å²) in [7, 11) is 0. The van der Waals surface area contributed by atoms with Crippen LogP contribution in [0.25, 0.3) is 0 Å². The topological polar surface area (TPSA) is 75.4 Å². The van der Waals surface area contributed by atoms with Gasteiger partial charge in [0.25, 0.3) is 5.69 Å². The van der Waals surface area contributed by atoms with Gasteiger partial charge in [-0.1, -0.05) is 19.1 Å². The number of non-ortho nitro benzene ring substituents is 1. The van der Waals surface area contributed by atoms with Gasteiger partial charge in [0, 0.05) is 18.7 Å². The van der Waals surface area contributed by atoms with Crippen LogP contribution in [0.4, 0.5) is 5.69 Å². The van der Waals surface area contributed by atoms with Gasteiger partial charge in [0.1, 0.15) is 0 Å². The third-order valence-electron chi connectivity index (χ3n) is 2.69. The van der Waals surface area contributed by atoms with Crippen LogP contribution in [-0.2, 0) is 6.54 Å². The number of nitro benzene ring substituents is 1. The van der Waals surface area contributed by atoms with Crippen molar-refractivity contribution in [3.63, 3.8) is 0 Å². The molecule has 0 saturated heterocycles. The van der Waals surface area contributed by atoms with E-state index in [4.69, 9.17) is 0 Å². The van der Waals surface area contributed by atoms with Gasteiger partial charge < -0.3 is 10.4 Å². The molecule has 5 heteroatoms. The molecular weight excluding hydrogens is 232 g/mol. The van der Waals surface area contributed by atoms with Crippen molar-refractivity contribution in [2.75, 3.05) is 6.54 Å². The first kappa shape index (κ1) is 14.6. The monoisotopic (exact) mass is 252 g/mol. The zero-order valence-corrected chi connectivity index (χ0v) is 10.8. The molecule has 0 spiro atoms. The fourth-order valence-corrected chi connectivity index (χ4v) is 1.91. The molecule has 0 fully saturated rings. The lowest BCUT2D eigenvalue weighted by Gasteiger charge is -2.14. The second-order valence-electron chi connectivity index (χ2n) is 4.75. The summed E-state index contributed by atoms with van der Waals surface area (Å²) in [5.41, 5.74) is 1.01. The Morgan fingerprint density at radius 3 is 2.78 bits per heavy atom. The van der Waals surface area contributed by atoms with Gasteiger partial charge in [-0.05, 0) is 31.4 Å². The van der Waals surface area contributed by atoms with E-state index in [0.29, 0.717) is 12.5 Å². The minimum Gasteiger partial charge on any atom is -0.393 e. The van der Waals surface area contributed by atoms with Crippen molar-refractivity contribution in [3.05, 3.63) is 39.9 Å². The van der Waals surface area contributed by atoms with E-state index in [-0.39, 0.29) is 16.7 Å². The quantitative estimate of drug-likeness (QED) is 0.575. The molecule has 18 heavy (non-hydrogen) atoms. The highest BCUT2D eigenvalue weighted by Gasteiger charge is 2.07. The maximum absolute atomic E-state index is 10.6. The number of aliphatic hydroxyl groups excluding tert-OH is 1. The second-order valence-corrected chi connectivity index (χ2v) is 4.75. The third kappa shape index (κ3) is 5.25. The zero-order valence-electron chi connectivity index (χ0n) is 10.8. The van der Waals surface area contributed by atoms with Crippen molar-refractivity contribution in [2.45, 2.75) is 32.9 Å². The van der Waals surface area contributed by atoms with E-state index in [1.807, 2.05) is 6.07 Å². The van der Waals surface area contributed by atoms with Crippen molar-refractivity contribution in [1.29, 1.82) is 0 Å². The minimum absolute atomic E-state index is 0.117. The summed E-state index contributed by atoms with van der Waals surface area (Å²) in [4.78, 5) is 10.2. The molecule has 100 valence electrons. The highest BCUT2D eigenvalue weighted by atomic mass is 16.6. The molecule has 2 atom stereocenters. The second kappa shape index (κ2) is 7.08. The van der Waals surface area contributed by atoms with E-state index < -0.39 is 0 Å². The van der Waals surface area contributed by atoms with Crippen molar-refractivity contribution >= 4 is 5.69 Å². The molecule has 1 rings (SSSR count). The molecule has 5 nitrogen and oxygen atoms in total. The molecule has 0 aromatic heterocycles. The van der Waals surface area contributed by atoms with Crippen molar-refractivity contribution < 1.29 is 10.0 Å². The van der Waals surface area contributed by atoms with Crippen LogP contribution in [-0.4, -0.2) is 22.7 Å². The number of rotatable bonds is 7. The van der Waals surface area contributed by atoms with Gasteiger partial charge in [0.15, 0.2) is 0 Å². The first-order valence-electron chi connectivity index (χ1n) is 6.11. The molecule has 0 saturated carbocycles. The van der Waals surface area contributed by atoms with Crippen LogP contribution in [0, 0.1) is 16.0 Å². The van der Waals surface area contributed by atoms with E-state index in [0.717, 1.165) is 18.5 Å². The van der Waals surface area contributed by atoms with Gasteiger partial charge in [-0.2, -0.15) is 0 Å². The highest BCUT2D eigenvalue weighted by molar-refractivity contribution is 5.34. The number of nitrogens with one attached hydrogen (secondary N) is 1. The van der Waals surface area contributed by atoms with Gasteiger partial charge in [-0.3, -0.25) is 10.1 Å². The van der Waals surface area contributed by atoms with Crippen LogP contribution in [0.1, 0.15) is 25.8 Å². The summed E-state index contributed by atoms with van der Waals surface area (Å²) in [5, 5.41) is 23.1. The molecular formula is C13H20N2O3. The molecule has 0 aliphatic carbocycles. The average molecular weight is 252 g/mol. The fourth-order valence-electron chi connectivity index (χ4n) is 1.91. The molecule has 2 unspecified atom stereocenters. The van der Waals surface area contributed by atoms with E-state index in [2.05, 4.69) is 12.2 Å². The fraction of sp³-hybridized carbons (Fsp3) is 0.538. The Hall–Kier alpha value is -1.46. The van der Waals surface area contributed by atoms with E-state index in [1.165, 1.54) is 6.07 Å². The Morgan fingerprint density at radius 2 is 2.17 bits per heavy atom. The highest BCUT2D eigenvalue weighted by Crippen LogP contribution is 2.13. The Morgan fingerprint density at radius 1 is 1.44 bits per heavy atom. The maximum Gasteiger partial charge on any atom is 0.269 e. The molecule has 1 aromatic carbocycles. The summed E-state index contributed by atoms with van der Waals surface area (Å²) in [6.07, 6.45) is 0.460. The first-order valence-corrected chi connectivity index (χ1v) is 6.11. The maximum atomic E-state index is 10.6. The Balaban J connectivity index is 2.39. The van der Waals surface area contributed by atoms with Gasteiger partial charge in [0.2, 0.25) is 0 Å². The summed E-state index contributed by atoms with van der Waals surface area (Å²) in [6, 6.07) is 6.61. The van der Waals surface area contributed by atoms with Crippen LogP contribution < -0.4 is 5.32 Å². The van der Waals surface area contributed by atoms with E-state index >= 15 is 0 Å². The Kier molecular flexibility index (Phi) is 5.74. The SMILES string of the molecule is CC(O)CC(C)CNCc1cccc([N+](=O)[O-])c1. The first-order chi connectivity index (χ1) is 8.49. The number of aliphatic hydroxyl groups is 1. The molecule has 1 aromatic rings. The Labute approximate surface area is 107 Å². The van der Waals surface area contributed by atoms with Crippen LogP contribution in [0.5, 0.6) is 0 Å². The summed E-state index contributed by atoms with van der Waals surface area (Å²) >= 11 is 0. The largest absolute Gasteiger partial charge is 0.393 e. The summed E-state index contributed by atoms with van der Waals surface area (Å²) in [6.45, 7) is 5.23. The van der Waals surface area contributed by atoms with E-state index in [9.17, 15) is 15.2 Å². The number of hydrogen-bond donors (Lipinski definition) is 2. The van der Waals surface area contributed by atoms with Gasteiger partial charge in [0.05, 0.1) is 11.0 Å². The van der Waals surface area contributed by atoms with E-state index in [1.54, 1.807) is 19.1 Å². The predicted octanol–water partition coefficient (Wildman–Crippen LogP) is 2.09.